The first-order valence-corrected chi connectivity index (χ1v) is 16.4. The molecule has 4 heterocycles. The van der Waals surface area contributed by atoms with Crippen molar-refractivity contribution in [1.82, 2.24) is 30.6 Å². The number of imidazole rings is 2. The van der Waals surface area contributed by atoms with Gasteiger partial charge in [0, 0.05) is 12.1 Å². The first kappa shape index (κ1) is 25.7. The zero-order valence-electron chi connectivity index (χ0n) is 25.1. The molecule has 0 amide bonds. The Kier molecular flexibility index (Phi) is 5.92. The molecule has 3 aromatic carbocycles. The molecule has 6 heteroatoms. The quantitative estimate of drug-likeness (QED) is 0.172. The fraction of sp³-hybridized carbons (Fsp3) is 0.405. The summed E-state index contributed by atoms with van der Waals surface area (Å²) in [6, 6.07) is 22.5. The molecule has 2 unspecified atom stereocenters. The number of nitrogens with zero attached hydrogens (tertiary/aromatic N) is 2. The lowest BCUT2D eigenvalue weighted by Crippen LogP contribution is -2.21. The van der Waals surface area contributed by atoms with Crippen LogP contribution in [0.2, 0.25) is 0 Å². The van der Waals surface area contributed by atoms with Crippen molar-refractivity contribution in [2.24, 2.45) is 0 Å². The highest BCUT2D eigenvalue weighted by Gasteiger charge is 2.40. The van der Waals surface area contributed by atoms with Gasteiger partial charge in [-0.3, -0.25) is 0 Å². The first-order valence-electron chi connectivity index (χ1n) is 16.4. The van der Waals surface area contributed by atoms with Crippen molar-refractivity contribution in [3.8, 4) is 33.5 Å². The van der Waals surface area contributed by atoms with Crippen LogP contribution >= 0.6 is 0 Å². The third-order valence-corrected chi connectivity index (χ3v) is 10.9. The fourth-order valence-corrected chi connectivity index (χ4v) is 8.66. The molecule has 4 N–H and O–H groups in total. The van der Waals surface area contributed by atoms with Gasteiger partial charge in [-0.05, 0) is 122 Å². The SMILES string of the molecule is C[C@H]1CC[C@@H](c2ncc(-c3ccc(-c4ccc(-c5ccc6nc([C@@H]7CC[C@H](C)N7)[nH]c6c5)c5c4C4CCC5C4)cc3)[nH]2)N1. The van der Waals surface area contributed by atoms with Gasteiger partial charge in [0.1, 0.15) is 11.6 Å². The third kappa shape index (κ3) is 4.29. The van der Waals surface area contributed by atoms with Gasteiger partial charge in [-0.2, -0.15) is 0 Å². The van der Waals surface area contributed by atoms with Gasteiger partial charge < -0.3 is 20.6 Å². The normalized spacial score (nSPS) is 27.9. The molecule has 2 aliphatic carbocycles. The molecule has 0 spiro atoms. The van der Waals surface area contributed by atoms with Crippen molar-refractivity contribution in [1.29, 1.82) is 0 Å². The third-order valence-electron chi connectivity index (χ3n) is 10.9. The van der Waals surface area contributed by atoms with Crippen LogP contribution in [0.5, 0.6) is 0 Å². The van der Waals surface area contributed by atoms with Gasteiger partial charge in [0.2, 0.25) is 0 Å². The Labute approximate surface area is 253 Å². The highest BCUT2D eigenvalue weighted by Crippen LogP contribution is 2.58. The topological polar surface area (TPSA) is 81.4 Å². The van der Waals surface area contributed by atoms with Crippen LogP contribution in [0.1, 0.15) is 105 Å². The van der Waals surface area contributed by atoms with Crippen LogP contribution in [-0.2, 0) is 0 Å². The van der Waals surface area contributed by atoms with Gasteiger partial charge in [-0.1, -0.05) is 42.5 Å². The van der Waals surface area contributed by atoms with Gasteiger partial charge >= 0.3 is 0 Å². The minimum Gasteiger partial charge on any atom is -0.341 e. The van der Waals surface area contributed by atoms with Crippen LogP contribution in [0.4, 0.5) is 0 Å². The Morgan fingerprint density at radius 1 is 0.628 bits per heavy atom. The second-order valence-electron chi connectivity index (χ2n) is 13.7. The largest absolute Gasteiger partial charge is 0.341 e. The molecule has 43 heavy (non-hydrogen) atoms. The molecular weight excluding hydrogens is 528 g/mol. The van der Waals surface area contributed by atoms with Gasteiger partial charge in [-0.25, -0.2) is 9.97 Å². The summed E-state index contributed by atoms with van der Waals surface area (Å²) in [5, 5.41) is 7.32. The highest BCUT2D eigenvalue weighted by atomic mass is 15.1. The van der Waals surface area contributed by atoms with E-state index < -0.39 is 0 Å². The van der Waals surface area contributed by atoms with E-state index in [1.165, 1.54) is 59.9 Å². The van der Waals surface area contributed by atoms with E-state index in [1.54, 1.807) is 11.1 Å². The summed E-state index contributed by atoms with van der Waals surface area (Å²) in [5.74, 6) is 3.48. The maximum absolute atomic E-state index is 4.95. The molecule has 1 saturated carbocycles. The van der Waals surface area contributed by atoms with E-state index in [1.807, 2.05) is 6.20 Å². The standard InChI is InChI=1S/C37H40N6/c1-20-3-14-30(39-20)36-38-19-33(43-36)23-7-5-22(6-8-23)27-12-13-28(35-26-10-9-25(17-26)34(27)35)24-11-16-29-32(18-24)42-37(41-29)31-15-4-21(2)40-31/h5-8,11-13,16,18-21,25-26,30-31,39-40H,3-4,9-10,14-15,17H2,1-2H3,(H,38,43)(H,41,42)/t20-,21-,25?,26?,30-,31-/m0/s1. The van der Waals surface area contributed by atoms with Gasteiger partial charge in [0.05, 0.1) is 35.0 Å². The number of hydrogen-bond donors (Lipinski definition) is 4. The second kappa shape index (κ2) is 9.90. The van der Waals surface area contributed by atoms with Crippen molar-refractivity contribution < 1.29 is 0 Å². The summed E-state index contributed by atoms with van der Waals surface area (Å²) in [5.41, 5.74) is 13.1. The Balaban J connectivity index is 1.04. The summed E-state index contributed by atoms with van der Waals surface area (Å²) >= 11 is 0. The predicted octanol–water partition coefficient (Wildman–Crippen LogP) is 8.28. The number of fused-ring (bicyclic) bond motifs is 6. The van der Waals surface area contributed by atoms with E-state index in [-0.39, 0.29) is 0 Å². The molecular formula is C37H40N6. The van der Waals surface area contributed by atoms with E-state index in [9.17, 15) is 0 Å². The Morgan fingerprint density at radius 2 is 1.26 bits per heavy atom. The lowest BCUT2D eigenvalue weighted by molar-refractivity contribution is 0.564. The summed E-state index contributed by atoms with van der Waals surface area (Å²) in [6.45, 7) is 4.51. The average molecular weight is 569 g/mol. The van der Waals surface area contributed by atoms with Gasteiger partial charge in [-0.15, -0.1) is 0 Å². The predicted molar refractivity (Wildman–Crippen MR) is 173 cm³/mol. The van der Waals surface area contributed by atoms with E-state index in [2.05, 4.69) is 89.0 Å². The van der Waals surface area contributed by atoms with Crippen molar-refractivity contribution in [3.05, 3.63) is 83.6 Å². The Morgan fingerprint density at radius 3 is 1.93 bits per heavy atom. The summed E-state index contributed by atoms with van der Waals surface area (Å²) in [6.07, 6.45) is 10.6. The minimum atomic E-state index is 0.333. The first-order chi connectivity index (χ1) is 21.1. The van der Waals surface area contributed by atoms with Crippen molar-refractivity contribution >= 4 is 11.0 Å². The molecule has 3 fully saturated rings. The van der Waals surface area contributed by atoms with E-state index in [0.717, 1.165) is 41.2 Å². The van der Waals surface area contributed by atoms with Crippen molar-refractivity contribution in [2.75, 3.05) is 0 Å². The lowest BCUT2D eigenvalue weighted by atomic mass is 9.81. The zero-order chi connectivity index (χ0) is 28.7. The van der Waals surface area contributed by atoms with Crippen LogP contribution < -0.4 is 10.6 Å². The fourth-order valence-electron chi connectivity index (χ4n) is 8.66. The maximum Gasteiger partial charge on any atom is 0.124 e. The number of aromatic nitrogens is 4. The molecule has 5 aromatic rings. The number of benzene rings is 3. The highest BCUT2D eigenvalue weighted by molar-refractivity contribution is 5.86. The minimum absolute atomic E-state index is 0.333. The smallest absolute Gasteiger partial charge is 0.124 e. The molecule has 2 aromatic heterocycles. The van der Waals surface area contributed by atoms with Crippen molar-refractivity contribution in [3.63, 3.8) is 0 Å². The number of rotatable bonds is 5. The van der Waals surface area contributed by atoms with Crippen LogP contribution in [0.15, 0.2) is 60.8 Å². The van der Waals surface area contributed by atoms with Crippen molar-refractivity contribution in [2.45, 2.75) is 94.8 Å². The molecule has 6 atom stereocenters. The summed E-state index contributed by atoms with van der Waals surface area (Å²) in [4.78, 5) is 16.9. The Hall–Kier alpha value is -3.74. The molecule has 2 aliphatic heterocycles. The molecule has 4 aliphatic rings. The van der Waals surface area contributed by atoms with E-state index in [4.69, 9.17) is 9.97 Å². The zero-order valence-corrected chi connectivity index (χ0v) is 25.1. The van der Waals surface area contributed by atoms with Crippen LogP contribution in [0.25, 0.3) is 44.5 Å². The second-order valence-corrected chi connectivity index (χ2v) is 13.7. The van der Waals surface area contributed by atoms with Crippen LogP contribution in [0.3, 0.4) is 0 Å². The molecule has 0 radical (unpaired) electrons. The van der Waals surface area contributed by atoms with Gasteiger partial charge in [0.25, 0.3) is 0 Å². The number of hydrogen-bond acceptors (Lipinski definition) is 4. The van der Waals surface area contributed by atoms with E-state index in [0.29, 0.717) is 36.0 Å². The Bertz CT molecular complexity index is 1830. The van der Waals surface area contributed by atoms with E-state index >= 15 is 0 Å². The number of H-pyrrole nitrogens is 2. The summed E-state index contributed by atoms with van der Waals surface area (Å²) < 4.78 is 0. The lowest BCUT2D eigenvalue weighted by Gasteiger charge is -2.23. The monoisotopic (exact) mass is 568 g/mol. The molecule has 2 bridgehead atoms. The maximum atomic E-state index is 4.95. The van der Waals surface area contributed by atoms with Gasteiger partial charge in [0.15, 0.2) is 0 Å². The number of nitrogens with one attached hydrogen (secondary N) is 4. The molecule has 218 valence electrons. The average Bonchev–Trinajstić information content (AvgIpc) is 3.87. The molecule has 6 nitrogen and oxygen atoms in total. The molecule has 2 saturated heterocycles. The van der Waals surface area contributed by atoms with Crippen LogP contribution in [-0.4, -0.2) is 32.0 Å². The summed E-state index contributed by atoms with van der Waals surface area (Å²) in [7, 11) is 0. The van der Waals surface area contributed by atoms with Crippen LogP contribution in [0, 0.1) is 0 Å². The molecule has 9 rings (SSSR count). The number of aromatic amines is 2.